The second kappa shape index (κ2) is 6.51. The SMILES string of the molecule is NC(=O)c1c(NC(=O)c2cccc(C(F)(F)F)c2)sc2c1CCCC2. The van der Waals surface area contributed by atoms with Crippen molar-refractivity contribution in [2.75, 3.05) is 5.32 Å². The fourth-order valence-electron chi connectivity index (χ4n) is 2.93. The van der Waals surface area contributed by atoms with Crippen LogP contribution in [0.25, 0.3) is 0 Å². The molecule has 132 valence electrons. The normalized spacial score (nSPS) is 14.0. The molecule has 0 bridgehead atoms. The number of primary amides is 1. The molecule has 0 spiro atoms. The molecule has 3 N–H and O–H groups in total. The molecule has 0 radical (unpaired) electrons. The number of thiophene rings is 1. The summed E-state index contributed by atoms with van der Waals surface area (Å²) in [5.41, 5.74) is 5.54. The average Bonchev–Trinajstić information content (AvgIpc) is 2.92. The first kappa shape index (κ1) is 17.5. The van der Waals surface area contributed by atoms with Crippen molar-refractivity contribution < 1.29 is 22.8 Å². The molecule has 25 heavy (non-hydrogen) atoms. The molecule has 0 fully saturated rings. The number of nitrogens with two attached hydrogens (primary N) is 1. The maximum Gasteiger partial charge on any atom is 0.416 e. The Balaban J connectivity index is 1.91. The van der Waals surface area contributed by atoms with E-state index in [9.17, 15) is 22.8 Å². The number of rotatable bonds is 3. The number of anilines is 1. The zero-order valence-electron chi connectivity index (χ0n) is 13.1. The smallest absolute Gasteiger partial charge is 0.365 e. The number of nitrogens with one attached hydrogen (secondary N) is 1. The van der Waals surface area contributed by atoms with Gasteiger partial charge in [-0.15, -0.1) is 11.3 Å². The van der Waals surface area contributed by atoms with E-state index in [2.05, 4.69) is 5.32 Å². The lowest BCUT2D eigenvalue weighted by Gasteiger charge is -2.11. The molecular formula is C17H15F3N2O2S. The Morgan fingerprint density at radius 3 is 2.56 bits per heavy atom. The highest BCUT2D eigenvalue weighted by Crippen LogP contribution is 2.38. The van der Waals surface area contributed by atoms with E-state index in [-0.39, 0.29) is 11.1 Å². The number of aryl methyl sites for hydroxylation is 1. The van der Waals surface area contributed by atoms with Crippen molar-refractivity contribution in [3.63, 3.8) is 0 Å². The van der Waals surface area contributed by atoms with Crippen molar-refractivity contribution in [3.05, 3.63) is 51.4 Å². The summed E-state index contributed by atoms with van der Waals surface area (Å²) in [6.07, 6.45) is -1.09. The van der Waals surface area contributed by atoms with Crippen LogP contribution in [0, 0.1) is 0 Å². The van der Waals surface area contributed by atoms with Gasteiger partial charge >= 0.3 is 6.18 Å². The summed E-state index contributed by atoms with van der Waals surface area (Å²) in [4.78, 5) is 25.1. The van der Waals surface area contributed by atoms with Gasteiger partial charge in [0.2, 0.25) is 0 Å². The zero-order valence-corrected chi connectivity index (χ0v) is 13.9. The van der Waals surface area contributed by atoms with E-state index in [1.807, 2.05) is 0 Å². The zero-order chi connectivity index (χ0) is 18.2. The molecular weight excluding hydrogens is 353 g/mol. The predicted octanol–water partition coefficient (Wildman–Crippen LogP) is 4.00. The second-order valence-electron chi connectivity index (χ2n) is 5.81. The van der Waals surface area contributed by atoms with Crippen LogP contribution in [0.3, 0.4) is 0 Å². The molecule has 3 rings (SSSR count). The Labute approximate surface area is 145 Å². The molecule has 1 aromatic heterocycles. The summed E-state index contributed by atoms with van der Waals surface area (Å²) in [6.45, 7) is 0. The van der Waals surface area contributed by atoms with Gasteiger partial charge in [0.25, 0.3) is 11.8 Å². The summed E-state index contributed by atoms with van der Waals surface area (Å²) in [5, 5.41) is 2.86. The number of benzene rings is 1. The first-order valence-corrected chi connectivity index (χ1v) is 8.52. The maximum atomic E-state index is 12.8. The van der Waals surface area contributed by atoms with Crippen LogP contribution in [0.2, 0.25) is 0 Å². The van der Waals surface area contributed by atoms with E-state index in [1.54, 1.807) is 0 Å². The minimum atomic E-state index is -4.53. The summed E-state index contributed by atoms with van der Waals surface area (Å²) >= 11 is 1.27. The first-order chi connectivity index (χ1) is 11.8. The Kier molecular flexibility index (Phi) is 4.55. The minimum Gasteiger partial charge on any atom is -0.365 e. The monoisotopic (exact) mass is 368 g/mol. The van der Waals surface area contributed by atoms with Crippen molar-refractivity contribution in [2.45, 2.75) is 31.9 Å². The molecule has 8 heteroatoms. The van der Waals surface area contributed by atoms with Crippen LogP contribution >= 0.6 is 11.3 Å². The lowest BCUT2D eigenvalue weighted by Crippen LogP contribution is -2.19. The van der Waals surface area contributed by atoms with Gasteiger partial charge < -0.3 is 11.1 Å². The average molecular weight is 368 g/mol. The second-order valence-corrected chi connectivity index (χ2v) is 6.92. The van der Waals surface area contributed by atoms with Crippen molar-refractivity contribution in [3.8, 4) is 0 Å². The van der Waals surface area contributed by atoms with Crippen molar-refractivity contribution in [1.82, 2.24) is 0 Å². The highest BCUT2D eigenvalue weighted by atomic mass is 32.1. The van der Waals surface area contributed by atoms with Crippen LogP contribution in [0.1, 0.15) is 49.6 Å². The Morgan fingerprint density at radius 1 is 1.16 bits per heavy atom. The Bertz CT molecular complexity index is 843. The summed E-state index contributed by atoms with van der Waals surface area (Å²) < 4.78 is 38.4. The number of hydrogen-bond donors (Lipinski definition) is 2. The van der Waals surface area contributed by atoms with Crippen LogP contribution in [0.4, 0.5) is 18.2 Å². The van der Waals surface area contributed by atoms with Gasteiger partial charge in [0, 0.05) is 10.4 Å². The van der Waals surface area contributed by atoms with Gasteiger partial charge in [-0.1, -0.05) is 6.07 Å². The third kappa shape index (κ3) is 3.53. The van der Waals surface area contributed by atoms with Crippen LogP contribution in [-0.2, 0) is 19.0 Å². The van der Waals surface area contributed by atoms with Crippen LogP contribution in [0.15, 0.2) is 24.3 Å². The van der Waals surface area contributed by atoms with Gasteiger partial charge in [0.15, 0.2) is 0 Å². The van der Waals surface area contributed by atoms with Gasteiger partial charge in [-0.25, -0.2) is 0 Å². The van der Waals surface area contributed by atoms with Crippen molar-refractivity contribution >= 4 is 28.2 Å². The molecule has 1 heterocycles. The largest absolute Gasteiger partial charge is 0.416 e. The van der Waals surface area contributed by atoms with Gasteiger partial charge in [-0.05, 0) is 49.4 Å². The number of carbonyl (C=O) groups is 2. The fourth-order valence-corrected chi connectivity index (χ4v) is 4.22. The van der Waals surface area contributed by atoms with E-state index in [4.69, 9.17) is 5.73 Å². The standard InChI is InChI=1S/C17H15F3N2O2S/c18-17(19,20)10-5-3-4-9(8-10)15(24)22-16-13(14(21)23)11-6-1-2-7-12(11)25-16/h3-5,8H,1-2,6-7H2,(H2,21,23)(H,22,24). The third-order valence-corrected chi connectivity index (χ3v) is 5.30. The molecule has 0 aliphatic heterocycles. The van der Waals surface area contributed by atoms with E-state index >= 15 is 0 Å². The van der Waals surface area contributed by atoms with Crippen LogP contribution < -0.4 is 11.1 Å². The van der Waals surface area contributed by atoms with Gasteiger partial charge in [-0.2, -0.15) is 13.2 Å². The lowest BCUT2D eigenvalue weighted by atomic mass is 9.95. The summed E-state index contributed by atoms with van der Waals surface area (Å²) in [5.74, 6) is -1.34. The third-order valence-electron chi connectivity index (χ3n) is 4.10. The van der Waals surface area contributed by atoms with E-state index in [1.165, 1.54) is 23.5 Å². The highest BCUT2D eigenvalue weighted by Gasteiger charge is 2.31. The molecule has 0 saturated carbocycles. The molecule has 0 saturated heterocycles. The van der Waals surface area contributed by atoms with E-state index in [0.29, 0.717) is 11.4 Å². The first-order valence-electron chi connectivity index (χ1n) is 7.70. The molecule has 4 nitrogen and oxygen atoms in total. The molecule has 1 aliphatic carbocycles. The molecule has 1 aromatic carbocycles. The Hall–Kier alpha value is -2.35. The molecule has 1 aliphatic rings. The van der Waals surface area contributed by atoms with E-state index < -0.39 is 23.6 Å². The summed E-state index contributed by atoms with van der Waals surface area (Å²) in [6, 6.07) is 4.15. The van der Waals surface area contributed by atoms with Crippen molar-refractivity contribution in [2.24, 2.45) is 5.73 Å². The fraction of sp³-hybridized carbons (Fsp3) is 0.294. The Morgan fingerprint density at radius 2 is 1.88 bits per heavy atom. The minimum absolute atomic E-state index is 0.128. The van der Waals surface area contributed by atoms with Crippen LogP contribution in [0.5, 0.6) is 0 Å². The number of carbonyl (C=O) groups excluding carboxylic acids is 2. The number of fused-ring (bicyclic) bond motifs is 1. The molecule has 0 atom stereocenters. The highest BCUT2D eigenvalue weighted by molar-refractivity contribution is 7.17. The molecule has 0 unspecified atom stereocenters. The summed E-state index contributed by atoms with van der Waals surface area (Å²) in [7, 11) is 0. The number of halogens is 3. The maximum absolute atomic E-state index is 12.8. The van der Waals surface area contributed by atoms with E-state index in [0.717, 1.165) is 41.8 Å². The van der Waals surface area contributed by atoms with Gasteiger partial charge in [-0.3, -0.25) is 9.59 Å². The lowest BCUT2D eigenvalue weighted by molar-refractivity contribution is -0.137. The topological polar surface area (TPSA) is 72.2 Å². The predicted molar refractivity (Wildman–Crippen MR) is 88.9 cm³/mol. The quantitative estimate of drug-likeness (QED) is 0.860. The van der Waals surface area contributed by atoms with Gasteiger partial charge in [0.05, 0.1) is 11.1 Å². The van der Waals surface area contributed by atoms with Gasteiger partial charge in [0.1, 0.15) is 5.00 Å². The molecule has 2 amide bonds. The number of alkyl halides is 3. The van der Waals surface area contributed by atoms with Crippen molar-refractivity contribution in [1.29, 1.82) is 0 Å². The number of hydrogen-bond acceptors (Lipinski definition) is 3. The molecule has 2 aromatic rings. The van der Waals surface area contributed by atoms with Crippen LogP contribution in [-0.4, -0.2) is 11.8 Å². The number of amides is 2.